The van der Waals surface area contributed by atoms with Crippen LogP contribution < -0.4 is 10.2 Å². The van der Waals surface area contributed by atoms with Crippen LogP contribution in [0.3, 0.4) is 0 Å². The van der Waals surface area contributed by atoms with Gasteiger partial charge >= 0.3 is 0 Å². The van der Waals surface area contributed by atoms with E-state index in [1.165, 1.54) is 17.7 Å². The molecule has 1 aliphatic rings. The number of anilines is 1. The Balaban J connectivity index is 1.63. The van der Waals surface area contributed by atoms with Gasteiger partial charge in [-0.05, 0) is 31.2 Å². The van der Waals surface area contributed by atoms with E-state index in [0.717, 1.165) is 24.5 Å². The summed E-state index contributed by atoms with van der Waals surface area (Å²) in [6.07, 6.45) is 3.06. The first kappa shape index (κ1) is 15.9. The molecular weight excluding hydrogens is 312 g/mol. The number of thiophene rings is 1. The highest BCUT2D eigenvalue weighted by molar-refractivity contribution is 7.12. The Bertz CT molecular complexity index is 676. The van der Waals surface area contributed by atoms with E-state index < -0.39 is 5.60 Å². The van der Waals surface area contributed by atoms with Gasteiger partial charge in [0.2, 0.25) is 0 Å². The number of nitrogens with zero attached hydrogens (tertiary/aromatic N) is 3. The summed E-state index contributed by atoms with van der Waals surface area (Å²) in [7, 11) is 0. The highest BCUT2D eigenvalue weighted by atomic mass is 32.1. The predicted molar refractivity (Wildman–Crippen MR) is 89.8 cm³/mol. The van der Waals surface area contributed by atoms with Crippen molar-refractivity contribution in [2.45, 2.75) is 25.4 Å². The van der Waals surface area contributed by atoms with E-state index in [1.807, 2.05) is 24.4 Å². The number of nitrogens with one attached hydrogen (secondary N) is 1. The van der Waals surface area contributed by atoms with Crippen molar-refractivity contribution < 1.29 is 9.90 Å². The van der Waals surface area contributed by atoms with Crippen LogP contribution in [0.4, 0.5) is 5.82 Å². The molecule has 2 aromatic rings. The summed E-state index contributed by atoms with van der Waals surface area (Å²) < 4.78 is 0. The van der Waals surface area contributed by atoms with E-state index >= 15 is 0 Å². The topological polar surface area (TPSA) is 78.4 Å². The smallest absolute Gasteiger partial charge is 0.261 e. The van der Waals surface area contributed by atoms with E-state index in [4.69, 9.17) is 0 Å². The first-order valence-corrected chi connectivity index (χ1v) is 8.51. The molecule has 0 bridgehead atoms. The number of aryl methyl sites for hydroxylation is 1. The maximum atomic E-state index is 12.0. The molecule has 0 aliphatic carbocycles. The zero-order valence-corrected chi connectivity index (χ0v) is 13.8. The van der Waals surface area contributed by atoms with Crippen molar-refractivity contribution in [2.75, 3.05) is 24.5 Å². The molecule has 0 aromatic carbocycles. The number of aromatic nitrogens is 2. The van der Waals surface area contributed by atoms with Crippen molar-refractivity contribution in [3.63, 3.8) is 0 Å². The minimum atomic E-state index is -0.940. The number of β-amino-alcohol motifs (C(OH)–C–C–N with tert-alkyl or cyclic N) is 1. The minimum Gasteiger partial charge on any atom is -0.386 e. The quantitative estimate of drug-likeness (QED) is 0.889. The average molecular weight is 332 g/mol. The van der Waals surface area contributed by atoms with Crippen LogP contribution in [0.15, 0.2) is 29.9 Å². The fourth-order valence-electron chi connectivity index (χ4n) is 2.81. The van der Waals surface area contributed by atoms with Crippen LogP contribution in [-0.4, -0.2) is 46.2 Å². The van der Waals surface area contributed by atoms with Gasteiger partial charge in [-0.1, -0.05) is 6.07 Å². The van der Waals surface area contributed by atoms with Gasteiger partial charge in [-0.25, -0.2) is 9.97 Å². The third-order valence-electron chi connectivity index (χ3n) is 3.99. The number of aliphatic hydroxyl groups is 1. The van der Waals surface area contributed by atoms with Crippen LogP contribution in [0.25, 0.3) is 0 Å². The SMILES string of the molecule is Cc1cc(N2CCC[C@](O)(CNC(=O)c3cccs3)C2)ncn1. The van der Waals surface area contributed by atoms with Crippen molar-refractivity contribution in [1.29, 1.82) is 0 Å². The Kier molecular flexibility index (Phi) is 4.58. The molecule has 0 spiro atoms. The summed E-state index contributed by atoms with van der Waals surface area (Å²) in [5, 5.41) is 15.5. The lowest BCUT2D eigenvalue weighted by atomic mass is 9.92. The number of hydrogen-bond acceptors (Lipinski definition) is 6. The predicted octanol–water partition coefficient (Wildman–Crippen LogP) is 1.61. The monoisotopic (exact) mass is 332 g/mol. The molecule has 0 radical (unpaired) electrons. The van der Waals surface area contributed by atoms with Gasteiger partial charge in [-0.3, -0.25) is 4.79 Å². The van der Waals surface area contributed by atoms with Gasteiger partial charge in [0.1, 0.15) is 12.1 Å². The second-order valence-electron chi connectivity index (χ2n) is 5.93. The molecule has 3 heterocycles. The second kappa shape index (κ2) is 6.64. The summed E-state index contributed by atoms with van der Waals surface area (Å²) in [4.78, 5) is 23.1. The second-order valence-corrected chi connectivity index (χ2v) is 6.87. The average Bonchev–Trinajstić information content (AvgIpc) is 3.07. The fraction of sp³-hybridized carbons (Fsp3) is 0.438. The van der Waals surface area contributed by atoms with Crippen LogP contribution in [0.2, 0.25) is 0 Å². The molecule has 0 unspecified atom stereocenters. The molecule has 0 saturated carbocycles. The molecule has 1 aliphatic heterocycles. The van der Waals surface area contributed by atoms with E-state index in [-0.39, 0.29) is 12.5 Å². The lowest BCUT2D eigenvalue weighted by molar-refractivity contribution is 0.0255. The summed E-state index contributed by atoms with van der Waals surface area (Å²) in [6.45, 7) is 3.46. The van der Waals surface area contributed by atoms with E-state index in [2.05, 4.69) is 20.2 Å². The number of amides is 1. The van der Waals surface area contributed by atoms with Gasteiger partial charge in [-0.15, -0.1) is 11.3 Å². The lowest BCUT2D eigenvalue weighted by Gasteiger charge is -2.39. The Morgan fingerprint density at radius 2 is 2.39 bits per heavy atom. The van der Waals surface area contributed by atoms with Gasteiger partial charge < -0.3 is 15.3 Å². The molecular formula is C16H20N4O2S. The highest BCUT2D eigenvalue weighted by Crippen LogP contribution is 2.24. The maximum absolute atomic E-state index is 12.0. The molecule has 1 amide bonds. The van der Waals surface area contributed by atoms with E-state index in [0.29, 0.717) is 17.8 Å². The fourth-order valence-corrected chi connectivity index (χ4v) is 3.45. The Morgan fingerprint density at radius 3 is 3.13 bits per heavy atom. The summed E-state index contributed by atoms with van der Waals surface area (Å²) in [5.41, 5.74) is -0.0422. The summed E-state index contributed by atoms with van der Waals surface area (Å²) >= 11 is 1.39. The third kappa shape index (κ3) is 3.86. The first-order chi connectivity index (χ1) is 11.1. The Hall–Kier alpha value is -1.99. The number of rotatable bonds is 4. The van der Waals surface area contributed by atoms with Gasteiger partial charge in [-0.2, -0.15) is 0 Å². The molecule has 1 saturated heterocycles. The van der Waals surface area contributed by atoms with Crippen molar-refractivity contribution in [3.05, 3.63) is 40.5 Å². The van der Waals surface area contributed by atoms with E-state index in [1.54, 1.807) is 6.07 Å². The van der Waals surface area contributed by atoms with Crippen LogP contribution in [0, 0.1) is 6.92 Å². The summed E-state index contributed by atoms with van der Waals surface area (Å²) in [5.74, 6) is 0.684. The lowest BCUT2D eigenvalue weighted by Crippen LogP contribution is -2.54. The summed E-state index contributed by atoms with van der Waals surface area (Å²) in [6, 6.07) is 5.53. The normalized spacial score (nSPS) is 21.2. The van der Waals surface area contributed by atoms with E-state index in [9.17, 15) is 9.90 Å². The molecule has 2 aromatic heterocycles. The Morgan fingerprint density at radius 1 is 1.52 bits per heavy atom. The molecule has 1 fully saturated rings. The molecule has 1 atom stereocenters. The van der Waals surface area contributed by atoms with Gasteiger partial charge in [0.15, 0.2) is 0 Å². The molecule has 7 heteroatoms. The van der Waals surface area contributed by atoms with Gasteiger partial charge in [0.05, 0.1) is 10.5 Å². The molecule has 6 nitrogen and oxygen atoms in total. The van der Waals surface area contributed by atoms with Crippen molar-refractivity contribution in [2.24, 2.45) is 0 Å². The number of piperidine rings is 1. The van der Waals surface area contributed by atoms with Crippen LogP contribution in [0.1, 0.15) is 28.2 Å². The zero-order chi connectivity index (χ0) is 16.3. The molecule has 122 valence electrons. The van der Waals surface area contributed by atoms with Crippen molar-refractivity contribution in [1.82, 2.24) is 15.3 Å². The number of carbonyl (C=O) groups excluding carboxylic acids is 1. The van der Waals surface area contributed by atoms with Crippen LogP contribution in [-0.2, 0) is 0 Å². The van der Waals surface area contributed by atoms with Crippen LogP contribution >= 0.6 is 11.3 Å². The molecule has 2 N–H and O–H groups in total. The largest absolute Gasteiger partial charge is 0.386 e. The van der Waals surface area contributed by atoms with Gasteiger partial charge in [0, 0.05) is 31.4 Å². The molecule has 23 heavy (non-hydrogen) atoms. The maximum Gasteiger partial charge on any atom is 0.261 e. The standard InChI is InChI=1S/C16H20N4O2S/c1-12-8-14(19-11-18-12)20-6-3-5-16(22,10-20)9-17-15(21)13-4-2-7-23-13/h2,4,7-8,11,22H,3,5-6,9-10H2,1H3,(H,17,21)/t16-/m0/s1. The number of carbonyl (C=O) groups is 1. The first-order valence-electron chi connectivity index (χ1n) is 7.63. The zero-order valence-electron chi connectivity index (χ0n) is 13.0. The Labute approximate surface area is 139 Å². The minimum absolute atomic E-state index is 0.136. The number of hydrogen-bond donors (Lipinski definition) is 2. The van der Waals surface area contributed by atoms with Crippen LogP contribution in [0.5, 0.6) is 0 Å². The highest BCUT2D eigenvalue weighted by Gasteiger charge is 2.34. The van der Waals surface area contributed by atoms with Crippen molar-refractivity contribution in [3.8, 4) is 0 Å². The van der Waals surface area contributed by atoms with Gasteiger partial charge in [0.25, 0.3) is 5.91 Å². The van der Waals surface area contributed by atoms with Crippen molar-refractivity contribution >= 4 is 23.1 Å². The molecule has 3 rings (SSSR count). The third-order valence-corrected chi connectivity index (χ3v) is 4.86.